The molecule has 1 saturated heterocycles. The van der Waals surface area contributed by atoms with Crippen molar-refractivity contribution < 1.29 is 13.6 Å². The third-order valence-corrected chi connectivity index (χ3v) is 3.48. The van der Waals surface area contributed by atoms with Gasteiger partial charge in [-0.05, 0) is 44.0 Å². The first-order valence-corrected chi connectivity index (χ1v) is 6.54. The molecular formula is C14H18F2N2O. The van der Waals surface area contributed by atoms with Gasteiger partial charge >= 0.3 is 0 Å². The summed E-state index contributed by atoms with van der Waals surface area (Å²) in [5.74, 6) is -2.46. The number of carbonyl (C=O) groups excluding carboxylic acids is 1. The summed E-state index contributed by atoms with van der Waals surface area (Å²) in [5, 5.41) is 6.14. The number of carbonyl (C=O) groups is 1. The molecule has 3 nitrogen and oxygen atoms in total. The molecule has 0 bridgehead atoms. The molecule has 19 heavy (non-hydrogen) atoms. The number of halogens is 2. The van der Waals surface area contributed by atoms with E-state index >= 15 is 0 Å². The third-order valence-electron chi connectivity index (χ3n) is 3.48. The minimum Gasteiger partial charge on any atom is -0.352 e. The standard InChI is InChI=1S/C14H18F2N2O/c1-9(10-4-5-12(15)13(16)7-10)14(19)18-11-3-2-6-17-8-11/h4-5,7,9,11,17H,2-3,6,8H2,1H3,(H,18,19)/t9?,11-/m0/s1. The van der Waals surface area contributed by atoms with Crippen molar-refractivity contribution in [3.63, 3.8) is 0 Å². The molecular weight excluding hydrogens is 250 g/mol. The molecule has 1 aliphatic rings. The van der Waals surface area contributed by atoms with Crippen LogP contribution in [0.5, 0.6) is 0 Å². The quantitative estimate of drug-likeness (QED) is 0.879. The van der Waals surface area contributed by atoms with E-state index in [1.165, 1.54) is 6.07 Å². The largest absolute Gasteiger partial charge is 0.352 e. The van der Waals surface area contributed by atoms with Gasteiger partial charge in [-0.1, -0.05) is 6.07 Å². The van der Waals surface area contributed by atoms with Crippen LogP contribution in [0.3, 0.4) is 0 Å². The number of hydrogen-bond donors (Lipinski definition) is 2. The van der Waals surface area contributed by atoms with Gasteiger partial charge < -0.3 is 10.6 Å². The second-order valence-electron chi connectivity index (χ2n) is 4.95. The molecule has 2 atom stereocenters. The second kappa shape index (κ2) is 6.10. The predicted molar refractivity (Wildman–Crippen MR) is 68.8 cm³/mol. The summed E-state index contributed by atoms with van der Waals surface area (Å²) in [6, 6.07) is 3.70. The Morgan fingerprint density at radius 1 is 1.42 bits per heavy atom. The Labute approximate surface area is 111 Å². The summed E-state index contributed by atoms with van der Waals surface area (Å²) in [5.41, 5.74) is 0.486. The average molecular weight is 268 g/mol. The molecule has 5 heteroatoms. The van der Waals surface area contributed by atoms with Gasteiger partial charge in [0.1, 0.15) is 0 Å². The van der Waals surface area contributed by atoms with E-state index in [0.717, 1.165) is 38.1 Å². The van der Waals surface area contributed by atoms with Gasteiger partial charge in [0.05, 0.1) is 5.92 Å². The van der Waals surface area contributed by atoms with Crippen molar-refractivity contribution >= 4 is 5.91 Å². The van der Waals surface area contributed by atoms with E-state index in [2.05, 4.69) is 10.6 Å². The van der Waals surface area contributed by atoms with Crippen LogP contribution in [-0.4, -0.2) is 25.0 Å². The maximum absolute atomic E-state index is 13.1. The smallest absolute Gasteiger partial charge is 0.227 e. The number of rotatable bonds is 3. The van der Waals surface area contributed by atoms with Gasteiger partial charge in [-0.15, -0.1) is 0 Å². The Morgan fingerprint density at radius 2 is 2.21 bits per heavy atom. The van der Waals surface area contributed by atoms with E-state index in [1.54, 1.807) is 6.92 Å². The van der Waals surface area contributed by atoms with Gasteiger partial charge in [0.2, 0.25) is 5.91 Å². The fourth-order valence-corrected chi connectivity index (χ4v) is 2.23. The SMILES string of the molecule is CC(C(=O)N[C@H]1CCCNC1)c1ccc(F)c(F)c1. The molecule has 1 aliphatic heterocycles. The van der Waals surface area contributed by atoms with Crippen molar-refractivity contribution in [2.24, 2.45) is 0 Å². The number of piperidine rings is 1. The van der Waals surface area contributed by atoms with E-state index in [9.17, 15) is 13.6 Å². The lowest BCUT2D eigenvalue weighted by molar-refractivity contribution is -0.123. The molecule has 1 aromatic carbocycles. The topological polar surface area (TPSA) is 41.1 Å². The molecule has 0 saturated carbocycles. The molecule has 0 radical (unpaired) electrons. The highest BCUT2D eigenvalue weighted by molar-refractivity contribution is 5.83. The second-order valence-corrected chi connectivity index (χ2v) is 4.95. The highest BCUT2D eigenvalue weighted by Crippen LogP contribution is 2.18. The fourth-order valence-electron chi connectivity index (χ4n) is 2.23. The van der Waals surface area contributed by atoms with Crippen LogP contribution in [0.4, 0.5) is 8.78 Å². The van der Waals surface area contributed by atoms with Crippen molar-refractivity contribution in [1.82, 2.24) is 10.6 Å². The summed E-state index contributed by atoms with van der Waals surface area (Å²) in [6.45, 7) is 3.43. The van der Waals surface area contributed by atoms with Crippen LogP contribution in [0.2, 0.25) is 0 Å². The summed E-state index contributed by atoms with van der Waals surface area (Å²) in [6.07, 6.45) is 1.98. The number of nitrogens with one attached hydrogen (secondary N) is 2. The molecule has 1 fully saturated rings. The lowest BCUT2D eigenvalue weighted by Crippen LogP contribution is -2.46. The minimum atomic E-state index is -0.920. The Hall–Kier alpha value is -1.49. The highest BCUT2D eigenvalue weighted by atomic mass is 19.2. The first-order valence-electron chi connectivity index (χ1n) is 6.54. The first-order chi connectivity index (χ1) is 9.08. The zero-order valence-corrected chi connectivity index (χ0v) is 10.9. The molecule has 2 N–H and O–H groups in total. The first kappa shape index (κ1) is 13.9. The summed E-state index contributed by atoms with van der Waals surface area (Å²) in [7, 11) is 0. The zero-order valence-electron chi connectivity index (χ0n) is 10.9. The molecule has 0 aliphatic carbocycles. The number of benzene rings is 1. The molecule has 104 valence electrons. The van der Waals surface area contributed by atoms with Crippen molar-refractivity contribution in [2.45, 2.75) is 31.7 Å². The van der Waals surface area contributed by atoms with Crippen LogP contribution in [0.1, 0.15) is 31.2 Å². The molecule has 0 spiro atoms. The Kier molecular flexibility index (Phi) is 4.47. The summed E-state index contributed by atoms with van der Waals surface area (Å²) >= 11 is 0. The van der Waals surface area contributed by atoms with Gasteiger partial charge in [-0.3, -0.25) is 4.79 Å². The predicted octanol–water partition coefficient (Wildman–Crippen LogP) is 1.94. The minimum absolute atomic E-state index is 0.119. The maximum Gasteiger partial charge on any atom is 0.227 e. The Balaban J connectivity index is 1.99. The van der Waals surface area contributed by atoms with E-state index in [-0.39, 0.29) is 11.9 Å². The average Bonchev–Trinajstić information content (AvgIpc) is 2.42. The van der Waals surface area contributed by atoms with Crippen LogP contribution in [-0.2, 0) is 4.79 Å². The van der Waals surface area contributed by atoms with Crippen molar-refractivity contribution in [3.8, 4) is 0 Å². The van der Waals surface area contributed by atoms with E-state index < -0.39 is 17.6 Å². The van der Waals surface area contributed by atoms with Crippen LogP contribution in [0.15, 0.2) is 18.2 Å². The normalized spacial score (nSPS) is 20.9. The van der Waals surface area contributed by atoms with Crippen LogP contribution < -0.4 is 10.6 Å². The Morgan fingerprint density at radius 3 is 2.84 bits per heavy atom. The van der Waals surface area contributed by atoms with E-state index in [4.69, 9.17) is 0 Å². The summed E-state index contributed by atoms with van der Waals surface area (Å²) in [4.78, 5) is 12.1. The Bertz CT molecular complexity index is 459. The van der Waals surface area contributed by atoms with Crippen molar-refractivity contribution in [3.05, 3.63) is 35.4 Å². The third kappa shape index (κ3) is 3.50. The van der Waals surface area contributed by atoms with Crippen LogP contribution in [0.25, 0.3) is 0 Å². The molecule has 1 unspecified atom stereocenters. The molecule has 1 aromatic rings. The molecule has 1 heterocycles. The molecule has 2 rings (SSSR count). The van der Waals surface area contributed by atoms with Crippen LogP contribution >= 0.6 is 0 Å². The van der Waals surface area contributed by atoms with Gasteiger partial charge in [-0.2, -0.15) is 0 Å². The maximum atomic E-state index is 13.1. The van der Waals surface area contributed by atoms with Gasteiger partial charge in [-0.25, -0.2) is 8.78 Å². The molecule has 0 aromatic heterocycles. The van der Waals surface area contributed by atoms with Crippen LogP contribution in [0, 0.1) is 11.6 Å². The van der Waals surface area contributed by atoms with Crippen molar-refractivity contribution in [2.75, 3.05) is 13.1 Å². The highest BCUT2D eigenvalue weighted by Gasteiger charge is 2.21. The van der Waals surface area contributed by atoms with Gasteiger partial charge in [0.25, 0.3) is 0 Å². The molecule has 1 amide bonds. The number of amides is 1. The number of hydrogen-bond acceptors (Lipinski definition) is 2. The fraction of sp³-hybridized carbons (Fsp3) is 0.500. The monoisotopic (exact) mass is 268 g/mol. The van der Waals surface area contributed by atoms with E-state index in [0.29, 0.717) is 5.56 Å². The lowest BCUT2D eigenvalue weighted by atomic mass is 9.99. The van der Waals surface area contributed by atoms with Gasteiger partial charge in [0.15, 0.2) is 11.6 Å². The lowest BCUT2D eigenvalue weighted by Gasteiger charge is -2.25. The summed E-state index contributed by atoms with van der Waals surface area (Å²) < 4.78 is 26.0. The van der Waals surface area contributed by atoms with Gasteiger partial charge in [0, 0.05) is 12.6 Å². The van der Waals surface area contributed by atoms with Crippen molar-refractivity contribution in [1.29, 1.82) is 0 Å². The zero-order chi connectivity index (χ0) is 13.8. The van der Waals surface area contributed by atoms with E-state index in [1.807, 2.05) is 0 Å².